The molecule has 94 valence electrons. The molecule has 17 heavy (non-hydrogen) atoms. The van der Waals surface area contributed by atoms with Gasteiger partial charge in [0, 0.05) is 6.04 Å². The summed E-state index contributed by atoms with van der Waals surface area (Å²) in [5.74, 6) is 1.64. The lowest BCUT2D eigenvalue weighted by Gasteiger charge is -2.30. The molecule has 3 heteroatoms. The smallest absolute Gasteiger partial charge is 0.161 e. The van der Waals surface area contributed by atoms with Crippen LogP contribution in [0.2, 0.25) is 0 Å². The van der Waals surface area contributed by atoms with Crippen molar-refractivity contribution in [3.63, 3.8) is 0 Å². The largest absolute Gasteiger partial charge is 0.486 e. The highest BCUT2D eigenvalue weighted by Crippen LogP contribution is 2.31. The predicted octanol–water partition coefficient (Wildman–Crippen LogP) is 2.73. The quantitative estimate of drug-likeness (QED) is 0.798. The van der Waals surface area contributed by atoms with E-state index in [0.29, 0.717) is 6.61 Å². The van der Waals surface area contributed by atoms with Gasteiger partial charge >= 0.3 is 0 Å². The van der Waals surface area contributed by atoms with E-state index in [-0.39, 0.29) is 12.1 Å². The Morgan fingerprint density at radius 2 is 2.06 bits per heavy atom. The lowest BCUT2D eigenvalue weighted by molar-refractivity contribution is 0.0694. The Balaban J connectivity index is 1.88. The van der Waals surface area contributed by atoms with Crippen molar-refractivity contribution in [2.45, 2.75) is 44.8 Å². The molecule has 0 bridgehead atoms. The minimum absolute atomic E-state index is 0.0123. The summed E-state index contributed by atoms with van der Waals surface area (Å²) in [4.78, 5) is 0. The van der Waals surface area contributed by atoms with E-state index in [9.17, 15) is 0 Å². The third kappa shape index (κ3) is 3.13. The maximum atomic E-state index is 6.14. The van der Waals surface area contributed by atoms with Crippen molar-refractivity contribution in [2.75, 3.05) is 6.61 Å². The lowest BCUT2D eigenvalue weighted by Crippen LogP contribution is -2.44. The van der Waals surface area contributed by atoms with Gasteiger partial charge in [-0.25, -0.2) is 0 Å². The predicted molar refractivity (Wildman–Crippen MR) is 68.5 cm³/mol. The molecule has 0 fully saturated rings. The van der Waals surface area contributed by atoms with Gasteiger partial charge in [-0.2, -0.15) is 0 Å². The van der Waals surface area contributed by atoms with E-state index in [1.807, 2.05) is 24.3 Å². The van der Waals surface area contributed by atoms with Crippen molar-refractivity contribution in [2.24, 2.45) is 5.73 Å². The molecule has 1 aromatic carbocycles. The normalized spacial score (nSPS) is 20.0. The second-order valence-corrected chi connectivity index (χ2v) is 4.57. The molecule has 1 aromatic rings. The third-order valence-electron chi connectivity index (χ3n) is 3.15. The van der Waals surface area contributed by atoms with E-state index in [1.54, 1.807) is 0 Å². The van der Waals surface area contributed by atoms with Gasteiger partial charge in [-0.15, -0.1) is 0 Å². The van der Waals surface area contributed by atoms with Gasteiger partial charge in [0.05, 0.1) is 0 Å². The Labute approximate surface area is 103 Å². The Morgan fingerprint density at radius 3 is 2.82 bits per heavy atom. The molecule has 0 saturated heterocycles. The highest BCUT2D eigenvalue weighted by atomic mass is 16.6. The molecule has 0 spiro atoms. The van der Waals surface area contributed by atoms with Gasteiger partial charge in [-0.3, -0.25) is 0 Å². The van der Waals surface area contributed by atoms with Crippen LogP contribution in [0.3, 0.4) is 0 Å². The van der Waals surface area contributed by atoms with Crippen LogP contribution in [0.5, 0.6) is 11.5 Å². The van der Waals surface area contributed by atoms with E-state index in [1.165, 1.54) is 19.3 Å². The summed E-state index contributed by atoms with van der Waals surface area (Å²) in [6.45, 7) is 2.76. The minimum atomic E-state index is -0.0123. The first kappa shape index (κ1) is 12.2. The van der Waals surface area contributed by atoms with E-state index in [2.05, 4.69) is 6.92 Å². The van der Waals surface area contributed by atoms with Gasteiger partial charge in [0.25, 0.3) is 0 Å². The molecule has 0 saturated carbocycles. The van der Waals surface area contributed by atoms with Crippen LogP contribution in [0.1, 0.15) is 32.6 Å². The number of rotatable bonds is 5. The molecule has 2 rings (SSSR count). The van der Waals surface area contributed by atoms with Crippen LogP contribution in [0, 0.1) is 0 Å². The van der Waals surface area contributed by atoms with Gasteiger partial charge in [-0.05, 0) is 18.6 Å². The van der Waals surface area contributed by atoms with Crippen LogP contribution in [0.25, 0.3) is 0 Å². The molecular formula is C14H21NO2. The standard InChI is InChI=1S/C14H21NO2/c1-2-3-4-7-11(15)14-10-16-12-8-5-6-9-13(12)17-14/h5-6,8-9,11,14H,2-4,7,10,15H2,1H3. The molecule has 3 nitrogen and oxygen atoms in total. The Bertz CT molecular complexity index is 354. The first-order valence-corrected chi connectivity index (χ1v) is 6.45. The van der Waals surface area contributed by atoms with Crippen LogP contribution in [0.15, 0.2) is 24.3 Å². The zero-order valence-corrected chi connectivity index (χ0v) is 10.4. The molecule has 1 aliphatic rings. The zero-order valence-electron chi connectivity index (χ0n) is 10.4. The molecule has 0 aliphatic carbocycles. The van der Waals surface area contributed by atoms with E-state index in [0.717, 1.165) is 17.9 Å². The first-order valence-electron chi connectivity index (χ1n) is 6.45. The molecule has 0 amide bonds. The summed E-state index contributed by atoms with van der Waals surface area (Å²) in [6.07, 6.45) is 4.61. The maximum Gasteiger partial charge on any atom is 0.161 e. The number of hydrogen-bond donors (Lipinski definition) is 1. The molecule has 1 heterocycles. The molecule has 0 radical (unpaired) electrons. The van der Waals surface area contributed by atoms with Crippen molar-refractivity contribution in [3.05, 3.63) is 24.3 Å². The summed E-state index contributed by atoms with van der Waals surface area (Å²) in [7, 11) is 0. The second kappa shape index (κ2) is 5.92. The fraction of sp³-hybridized carbons (Fsp3) is 0.571. The second-order valence-electron chi connectivity index (χ2n) is 4.57. The summed E-state index contributed by atoms with van der Waals surface area (Å²) < 4.78 is 11.5. The Morgan fingerprint density at radius 1 is 1.29 bits per heavy atom. The third-order valence-corrected chi connectivity index (χ3v) is 3.15. The fourth-order valence-corrected chi connectivity index (χ4v) is 2.06. The van der Waals surface area contributed by atoms with Gasteiger partial charge in [0.1, 0.15) is 12.7 Å². The van der Waals surface area contributed by atoms with Crippen LogP contribution in [0.4, 0.5) is 0 Å². The molecular weight excluding hydrogens is 214 g/mol. The summed E-state index contributed by atoms with van der Waals surface area (Å²) in [6, 6.07) is 7.82. The average Bonchev–Trinajstić information content (AvgIpc) is 2.38. The van der Waals surface area contributed by atoms with E-state index < -0.39 is 0 Å². The number of para-hydroxylation sites is 2. The maximum absolute atomic E-state index is 6.14. The molecule has 1 aliphatic heterocycles. The van der Waals surface area contributed by atoms with Gasteiger partial charge in [0.2, 0.25) is 0 Å². The number of fused-ring (bicyclic) bond motifs is 1. The SMILES string of the molecule is CCCCCC(N)C1COc2ccccc2O1. The average molecular weight is 235 g/mol. The van der Waals surface area contributed by atoms with Crippen molar-refractivity contribution >= 4 is 0 Å². The molecule has 0 aromatic heterocycles. The van der Waals surface area contributed by atoms with E-state index in [4.69, 9.17) is 15.2 Å². The number of ether oxygens (including phenoxy) is 2. The van der Waals surface area contributed by atoms with Crippen molar-refractivity contribution in [1.29, 1.82) is 0 Å². The summed E-state index contributed by atoms with van der Waals surface area (Å²) >= 11 is 0. The zero-order chi connectivity index (χ0) is 12.1. The van der Waals surface area contributed by atoms with Crippen molar-refractivity contribution in [3.8, 4) is 11.5 Å². The molecule has 2 unspecified atom stereocenters. The summed E-state index contributed by atoms with van der Waals surface area (Å²) in [5, 5.41) is 0. The van der Waals surface area contributed by atoms with Crippen molar-refractivity contribution < 1.29 is 9.47 Å². The van der Waals surface area contributed by atoms with Gasteiger partial charge in [-0.1, -0.05) is 38.3 Å². The number of hydrogen-bond acceptors (Lipinski definition) is 3. The van der Waals surface area contributed by atoms with Crippen molar-refractivity contribution in [1.82, 2.24) is 0 Å². The molecule has 2 N–H and O–H groups in total. The first-order chi connectivity index (χ1) is 8.31. The monoisotopic (exact) mass is 235 g/mol. The van der Waals surface area contributed by atoms with E-state index >= 15 is 0 Å². The number of nitrogens with two attached hydrogens (primary N) is 1. The highest BCUT2D eigenvalue weighted by molar-refractivity contribution is 5.40. The Hall–Kier alpha value is -1.22. The number of benzene rings is 1. The fourth-order valence-electron chi connectivity index (χ4n) is 2.06. The topological polar surface area (TPSA) is 44.5 Å². The molecule has 2 atom stereocenters. The van der Waals surface area contributed by atoms with Crippen LogP contribution in [-0.2, 0) is 0 Å². The highest BCUT2D eigenvalue weighted by Gasteiger charge is 2.25. The van der Waals surface area contributed by atoms with Gasteiger partial charge < -0.3 is 15.2 Å². The van der Waals surface area contributed by atoms with Crippen LogP contribution >= 0.6 is 0 Å². The van der Waals surface area contributed by atoms with Crippen LogP contribution in [-0.4, -0.2) is 18.8 Å². The summed E-state index contributed by atoms with van der Waals surface area (Å²) in [5.41, 5.74) is 6.14. The minimum Gasteiger partial charge on any atom is -0.486 e. The lowest BCUT2D eigenvalue weighted by atomic mass is 10.0. The van der Waals surface area contributed by atoms with Crippen LogP contribution < -0.4 is 15.2 Å². The number of unbranched alkanes of at least 4 members (excludes halogenated alkanes) is 2. The van der Waals surface area contributed by atoms with Gasteiger partial charge in [0.15, 0.2) is 11.5 Å². The Kier molecular flexibility index (Phi) is 4.26.